The zero-order chi connectivity index (χ0) is 20.1. The Hall–Kier alpha value is -2.65. The molecule has 0 saturated carbocycles. The van der Waals surface area contributed by atoms with E-state index in [0.29, 0.717) is 16.5 Å². The highest BCUT2D eigenvalue weighted by molar-refractivity contribution is 7.14. The van der Waals surface area contributed by atoms with Crippen molar-refractivity contribution in [1.29, 1.82) is 5.26 Å². The molecule has 0 radical (unpaired) electrons. The van der Waals surface area contributed by atoms with Gasteiger partial charge in [0.05, 0.1) is 12.5 Å². The summed E-state index contributed by atoms with van der Waals surface area (Å²) in [6.07, 6.45) is 3.35. The molecule has 1 amide bonds. The number of hydrogen-bond acceptors (Lipinski definition) is 5. The van der Waals surface area contributed by atoms with E-state index >= 15 is 0 Å². The van der Waals surface area contributed by atoms with Crippen LogP contribution >= 0.6 is 11.3 Å². The monoisotopic (exact) mass is 396 g/mol. The van der Waals surface area contributed by atoms with Gasteiger partial charge < -0.3 is 9.64 Å². The van der Waals surface area contributed by atoms with Crippen molar-refractivity contribution in [2.75, 3.05) is 18.1 Å². The highest BCUT2D eigenvalue weighted by atomic mass is 32.1. The van der Waals surface area contributed by atoms with Gasteiger partial charge >= 0.3 is 5.97 Å². The van der Waals surface area contributed by atoms with Crippen LogP contribution < -0.4 is 4.90 Å². The average molecular weight is 397 g/mol. The van der Waals surface area contributed by atoms with Gasteiger partial charge in [0.2, 0.25) is 0 Å². The first kappa shape index (κ1) is 20.1. The Balaban J connectivity index is 1.64. The van der Waals surface area contributed by atoms with Crippen LogP contribution in [-0.2, 0) is 22.4 Å². The van der Waals surface area contributed by atoms with E-state index in [1.54, 1.807) is 0 Å². The number of amides is 1. The number of carbonyl (C=O) groups excluding carboxylic acids is 2. The maximum absolute atomic E-state index is 12.7. The van der Waals surface area contributed by atoms with Crippen molar-refractivity contribution < 1.29 is 14.3 Å². The second-order valence-corrected chi connectivity index (χ2v) is 8.41. The second kappa shape index (κ2) is 9.03. The van der Waals surface area contributed by atoms with E-state index in [9.17, 15) is 9.59 Å². The fourth-order valence-corrected chi connectivity index (χ4v) is 4.47. The molecule has 6 heteroatoms. The summed E-state index contributed by atoms with van der Waals surface area (Å²) in [5.41, 5.74) is 3.01. The first-order valence-corrected chi connectivity index (χ1v) is 10.3. The van der Waals surface area contributed by atoms with E-state index in [1.165, 1.54) is 26.7 Å². The number of rotatable bonds is 6. The number of anilines is 1. The quantitative estimate of drug-likeness (QED) is 0.683. The summed E-state index contributed by atoms with van der Waals surface area (Å²) in [5.74, 6) is -0.150. The predicted molar refractivity (Wildman–Crippen MR) is 110 cm³/mol. The van der Waals surface area contributed by atoms with Crippen molar-refractivity contribution in [3.63, 3.8) is 0 Å². The summed E-state index contributed by atoms with van der Waals surface area (Å²) in [6, 6.07) is 11.5. The van der Waals surface area contributed by atoms with Crippen molar-refractivity contribution in [2.24, 2.45) is 5.92 Å². The van der Waals surface area contributed by atoms with Gasteiger partial charge in [0, 0.05) is 17.1 Å². The number of carbonyl (C=O) groups is 2. The molecule has 0 N–H and O–H groups in total. The Kier molecular flexibility index (Phi) is 6.48. The third-order valence-corrected chi connectivity index (χ3v) is 6.17. The highest BCUT2D eigenvalue weighted by Gasteiger charge is 2.23. The van der Waals surface area contributed by atoms with Gasteiger partial charge in [0.15, 0.2) is 6.61 Å². The fraction of sp³-hybridized carbons (Fsp3) is 0.409. The summed E-state index contributed by atoms with van der Waals surface area (Å²) >= 11 is 1.47. The normalized spacial score (nSPS) is 15.4. The van der Waals surface area contributed by atoms with Crippen LogP contribution in [0, 0.1) is 24.2 Å². The summed E-state index contributed by atoms with van der Waals surface area (Å²) in [7, 11) is 0. The third-order valence-electron chi connectivity index (χ3n) is 4.95. The molecule has 1 atom stereocenters. The molecule has 146 valence electrons. The molecule has 0 saturated heterocycles. The molecule has 0 bridgehead atoms. The molecule has 5 nitrogen and oxygen atoms in total. The fourth-order valence-electron chi connectivity index (χ4n) is 3.37. The molecule has 0 unspecified atom stereocenters. The van der Waals surface area contributed by atoms with E-state index < -0.39 is 5.97 Å². The molecule has 28 heavy (non-hydrogen) atoms. The number of ether oxygens (including phenoxy) is 1. The molecule has 1 aromatic carbocycles. The van der Waals surface area contributed by atoms with Gasteiger partial charge in [-0.2, -0.15) is 5.26 Å². The van der Waals surface area contributed by atoms with Gasteiger partial charge in [-0.05, 0) is 55.9 Å². The molecule has 0 spiro atoms. The van der Waals surface area contributed by atoms with Crippen molar-refractivity contribution >= 4 is 28.9 Å². The van der Waals surface area contributed by atoms with Crippen LogP contribution in [0.5, 0.6) is 0 Å². The minimum absolute atomic E-state index is 0.212. The van der Waals surface area contributed by atoms with Crippen LogP contribution in [0.25, 0.3) is 0 Å². The largest absolute Gasteiger partial charge is 0.451 e. The van der Waals surface area contributed by atoms with E-state index in [2.05, 4.69) is 13.0 Å². The van der Waals surface area contributed by atoms with E-state index in [0.717, 1.165) is 24.8 Å². The van der Waals surface area contributed by atoms with Gasteiger partial charge in [-0.1, -0.05) is 24.6 Å². The summed E-state index contributed by atoms with van der Waals surface area (Å²) < 4.78 is 5.30. The van der Waals surface area contributed by atoms with Crippen LogP contribution in [0.4, 0.5) is 5.69 Å². The number of hydrogen-bond donors (Lipinski definition) is 0. The molecule has 1 aliphatic rings. The van der Waals surface area contributed by atoms with Crippen LogP contribution in [0.3, 0.4) is 0 Å². The van der Waals surface area contributed by atoms with Crippen molar-refractivity contribution in [1.82, 2.24) is 0 Å². The minimum atomic E-state index is -0.454. The molecule has 0 aliphatic heterocycles. The Morgan fingerprint density at radius 1 is 1.32 bits per heavy atom. The zero-order valence-corrected chi connectivity index (χ0v) is 17.1. The SMILES string of the molecule is Cc1ccc(N(CCC#N)C(=O)COC(=O)c2cc3c(s2)CC[C@H](C)C3)cc1. The van der Waals surface area contributed by atoms with Gasteiger partial charge in [-0.3, -0.25) is 4.79 Å². The van der Waals surface area contributed by atoms with Crippen LogP contribution in [0.2, 0.25) is 0 Å². The lowest BCUT2D eigenvalue weighted by Gasteiger charge is -2.21. The molecular formula is C22H24N2O3S. The summed E-state index contributed by atoms with van der Waals surface area (Å²) in [4.78, 5) is 28.4. The number of fused-ring (bicyclic) bond motifs is 1. The Labute approximate surface area is 169 Å². The molecule has 0 fully saturated rings. The van der Waals surface area contributed by atoms with Crippen molar-refractivity contribution in [3.8, 4) is 6.07 Å². The number of thiophene rings is 1. The minimum Gasteiger partial charge on any atom is -0.451 e. The maximum Gasteiger partial charge on any atom is 0.348 e. The van der Waals surface area contributed by atoms with Gasteiger partial charge in [-0.25, -0.2) is 4.79 Å². The molecule has 1 heterocycles. The molecule has 3 rings (SSSR count). The smallest absolute Gasteiger partial charge is 0.348 e. The lowest BCUT2D eigenvalue weighted by molar-refractivity contribution is -0.121. The number of aryl methyl sites for hydroxylation is 2. The van der Waals surface area contributed by atoms with Crippen LogP contribution in [0.15, 0.2) is 30.3 Å². The number of esters is 1. The van der Waals surface area contributed by atoms with Crippen LogP contribution in [-0.4, -0.2) is 25.0 Å². The number of nitrogens with zero attached hydrogens (tertiary/aromatic N) is 2. The maximum atomic E-state index is 12.7. The third kappa shape index (κ3) is 4.79. The Bertz CT molecular complexity index is 895. The van der Waals surface area contributed by atoms with Crippen molar-refractivity contribution in [3.05, 3.63) is 51.2 Å². The number of benzene rings is 1. The highest BCUT2D eigenvalue weighted by Crippen LogP contribution is 2.32. The molecule has 1 aromatic heterocycles. The Morgan fingerprint density at radius 3 is 2.79 bits per heavy atom. The average Bonchev–Trinajstić information content (AvgIpc) is 3.11. The first-order chi connectivity index (χ1) is 13.5. The van der Waals surface area contributed by atoms with E-state index in [-0.39, 0.29) is 25.5 Å². The van der Waals surface area contributed by atoms with Gasteiger partial charge in [0.1, 0.15) is 4.88 Å². The topological polar surface area (TPSA) is 70.4 Å². The van der Waals surface area contributed by atoms with E-state index in [4.69, 9.17) is 10.00 Å². The predicted octanol–water partition coefficient (Wildman–Crippen LogP) is 4.29. The Morgan fingerprint density at radius 2 is 2.07 bits per heavy atom. The lowest BCUT2D eigenvalue weighted by atomic mass is 9.90. The molecule has 2 aromatic rings. The van der Waals surface area contributed by atoms with Crippen LogP contribution in [0.1, 0.15) is 45.4 Å². The zero-order valence-electron chi connectivity index (χ0n) is 16.2. The first-order valence-electron chi connectivity index (χ1n) is 9.50. The molecule has 1 aliphatic carbocycles. The van der Waals surface area contributed by atoms with Crippen molar-refractivity contribution in [2.45, 2.75) is 39.5 Å². The summed E-state index contributed by atoms with van der Waals surface area (Å²) in [5, 5.41) is 8.88. The standard InChI is InChI=1S/C22H24N2O3S/c1-15-4-7-18(8-5-15)24(11-3-10-23)21(25)14-27-22(26)20-13-17-12-16(2)6-9-19(17)28-20/h4-5,7-8,13,16H,3,6,9,11-12,14H2,1-2H3/t16-/m0/s1. The summed E-state index contributed by atoms with van der Waals surface area (Å²) in [6.45, 7) is 4.12. The number of nitriles is 1. The molecular weight excluding hydrogens is 372 g/mol. The van der Waals surface area contributed by atoms with Gasteiger partial charge in [-0.15, -0.1) is 11.3 Å². The lowest BCUT2D eigenvalue weighted by Crippen LogP contribution is -2.35. The van der Waals surface area contributed by atoms with Gasteiger partial charge in [0.25, 0.3) is 5.91 Å². The van der Waals surface area contributed by atoms with E-state index in [1.807, 2.05) is 37.3 Å². The second-order valence-electron chi connectivity index (χ2n) is 7.27.